The average Bonchev–Trinajstić information content (AvgIpc) is 2.06. The summed E-state index contributed by atoms with van der Waals surface area (Å²) in [6.07, 6.45) is 0.921. The fourth-order valence-electron chi connectivity index (χ4n) is 0.665. The molecule has 0 saturated heterocycles. The SMILES string of the molecule is O=C=Nc1c(F)ccc(F)c1F. The number of halogens is 3. The van der Waals surface area contributed by atoms with Gasteiger partial charge in [0.2, 0.25) is 6.08 Å². The maximum atomic E-state index is 12.6. The average molecular weight is 173 g/mol. The zero-order valence-corrected chi connectivity index (χ0v) is 5.64. The second-order valence-corrected chi connectivity index (χ2v) is 1.89. The number of aliphatic imine (C=N–C) groups is 1. The van der Waals surface area contributed by atoms with Gasteiger partial charge in [0, 0.05) is 0 Å². The molecule has 12 heavy (non-hydrogen) atoms. The highest BCUT2D eigenvalue weighted by Gasteiger charge is 2.12. The minimum absolute atomic E-state index is 0.606. The molecule has 0 radical (unpaired) electrons. The van der Waals surface area contributed by atoms with Gasteiger partial charge in [-0.3, -0.25) is 0 Å². The lowest BCUT2D eigenvalue weighted by atomic mass is 10.3. The van der Waals surface area contributed by atoms with Crippen molar-refractivity contribution in [1.29, 1.82) is 0 Å². The van der Waals surface area contributed by atoms with Gasteiger partial charge in [-0.15, -0.1) is 0 Å². The van der Waals surface area contributed by atoms with Gasteiger partial charge in [-0.25, -0.2) is 18.0 Å². The molecule has 0 aromatic heterocycles. The van der Waals surface area contributed by atoms with Crippen LogP contribution in [0.3, 0.4) is 0 Å². The van der Waals surface area contributed by atoms with E-state index in [2.05, 4.69) is 4.99 Å². The van der Waals surface area contributed by atoms with Gasteiger partial charge in [-0.2, -0.15) is 4.99 Å². The summed E-state index contributed by atoms with van der Waals surface area (Å²) >= 11 is 0. The first kappa shape index (κ1) is 8.49. The largest absolute Gasteiger partial charge is 0.240 e. The van der Waals surface area contributed by atoms with Crippen LogP contribution in [0.25, 0.3) is 0 Å². The standard InChI is InChI=1S/C7H2F3NO/c8-4-1-2-5(9)7(6(4)10)11-3-12/h1-2H. The fraction of sp³-hybridized carbons (Fsp3) is 0. The summed E-state index contributed by atoms with van der Waals surface area (Å²) in [7, 11) is 0. The van der Waals surface area contributed by atoms with E-state index in [1.807, 2.05) is 0 Å². The second kappa shape index (κ2) is 3.19. The molecule has 0 unspecified atom stereocenters. The van der Waals surface area contributed by atoms with Crippen molar-refractivity contribution in [3.8, 4) is 0 Å². The van der Waals surface area contributed by atoms with Gasteiger partial charge in [0.05, 0.1) is 0 Å². The maximum absolute atomic E-state index is 12.6. The Kier molecular flexibility index (Phi) is 2.26. The molecule has 0 aliphatic carbocycles. The minimum Gasteiger partial charge on any atom is -0.211 e. The molecule has 5 heteroatoms. The predicted molar refractivity (Wildman–Crippen MR) is 34.1 cm³/mol. The lowest BCUT2D eigenvalue weighted by Crippen LogP contribution is -1.87. The number of nitrogens with zero attached hydrogens (tertiary/aromatic N) is 1. The van der Waals surface area contributed by atoms with Crippen LogP contribution >= 0.6 is 0 Å². The van der Waals surface area contributed by atoms with Crippen molar-refractivity contribution in [2.24, 2.45) is 4.99 Å². The highest BCUT2D eigenvalue weighted by molar-refractivity contribution is 5.50. The summed E-state index contributed by atoms with van der Waals surface area (Å²) in [5.41, 5.74) is -0.954. The Hall–Kier alpha value is -1.61. The third-order valence-electron chi connectivity index (χ3n) is 1.18. The van der Waals surface area contributed by atoms with E-state index in [0.29, 0.717) is 12.1 Å². The molecular weight excluding hydrogens is 171 g/mol. The van der Waals surface area contributed by atoms with Crippen LogP contribution in [-0.2, 0) is 4.79 Å². The van der Waals surface area contributed by atoms with Crippen LogP contribution in [0.15, 0.2) is 17.1 Å². The molecular formula is C7H2F3NO. The Morgan fingerprint density at radius 3 is 2.33 bits per heavy atom. The molecule has 1 aromatic rings. The number of benzene rings is 1. The van der Waals surface area contributed by atoms with Crippen LogP contribution in [0.4, 0.5) is 18.9 Å². The molecule has 0 amide bonds. The first-order valence-corrected chi connectivity index (χ1v) is 2.88. The molecule has 0 heterocycles. The molecule has 0 saturated carbocycles. The molecule has 0 aliphatic rings. The van der Waals surface area contributed by atoms with Gasteiger partial charge in [-0.1, -0.05) is 0 Å². The van der Waals surface area contributed by atoms with E-state index in [1.165, 1.54) is 0 Å². The fourth-order valence-corrected chi connectivity index (χ4v) is 0.665. The minimum atomic E-state index is -1.49. The Morgan fingerprint density at radius 1 is 1.17 bits per heavy atom. The summed E-state index contributed by atoms with van der Waals surface area (Å²) in [6, 6.07) is 1.28. The molecule has 0 N–H and O–H groups in total. The van der Waals surface area contributed by atoms with Gasteiger partial charge in [0.25, 0.3) is 0 Å². The molecule has 62 valence electrons. The number of carbonyl (C=O) groups excluding carboxylic acids is 1. The summed E-state index contributed by atoms with van der Waals surface area (Å²) in [4.78, 5) is 12.3. The van der Waals surface area contributed by atoms with Gasteiger partial charge < -0.3 is 0 Å². The maximum Gasteiger partial charge on any atom is 0.240 e. The number of rotatable bonds is 1. The quantitative estimate of drug-likeness (QED) is 0.363. The van der Waals surface area contributed by atoms with Crippen LogP contribution in [0.2, 0.25) is 0 Å². The molecule has 0 fully saturated rings. The first-order chi connectivity index (χ1) is 5.66. The Morgan fingerprint density at radius 2 is 1.75 bits per heavy atom. The van der Waals surface area contributed by atoms with E-state index in [0.717, 1.165) is 6.08 Å². The van der Waals surface area contributed by atoms with Crippen molar-refractivity contribution in [3.05, 3.63) is 29.6 Å². The molecule has 1 aromatic carbocycles. The summed E-state index contributed by atoms with van der Waals surface area (Å²) in [5.74, 6) is -3.85. The van der Waals surface area contributed by atoms with Crippen molar-refractivity contribution >= 4 is 11.8 Å². The van der Waals surface area contributed by atoms with Gasteiger partial charge in [0.15, 0.2) is 23.1 Å². The topological polar surface area (TPSA) is 29.4 Å². The van der Waals surface area contributed by atoms with E-state index >= 15 is 0 Å². The molecule has 0 aliphatic heterocycles. The lowest BCUT2D eigenvalue weighted by molar-refractivity contribution is 0.497. The Labute approximate surface area is 65.3 Å². The summed E-state index contributed by atoms with van der Waals surface area (Å²) < 4.78 is 37.5. The zero-order chi connectivity index (χ0) is 9.14. The molecule has 2 nitrogen and oxygen atoms in total. The first-order valence-electron chi connectivity index (χ1n) is 2.88. The van der Waals surface area contributed by atoms with E-state index in [9.17, 15) is 18.0 Å². The Bertz CT molecular complexity index is 358. The van der Waals surface area contributed by atoms with Gasteiger partial charge >= 0.3 is 0 Å². The summed E-state index contributed by atoms with van der Waals surface area (Å²) in [6.45, 7) is 0. The monoisotopic (exact) mass is 173 g/mol. The van der Waals surface area contributed by atoms with E-state index in [-0.39, 0.29) is 0 Å². The molecule has 0 spiro atoms. The normalized spacial score (nSPS) is 9.25. The third-order valence-corrected chi connectivity index (χ3v) is 1.18. The van der Waals surface area contributed by atoms with E-state index in [1.54, 1.807) is 0 Å². The van der Waals surface area contributed by atoms with E-state index < -0.39 is 23.1 Å². The van der Waals surface area contributed by atoms with Crippen molar-refractivity contribution in [2.75, 3.05) is 0 Å². The molecule has 0 bridgehead atoms. The molecule has 1 rings (SSSR count). The lowest BCUT2D eigenvalue weighted by Gasteiger charge is -1.96. The smallest absolute Gasteiger partial charge is 0.211 e. The van der Waals surface area contributed by atoms with Crippen LogP contribution in [0.5, 0.6) is 0 Å². The van der Waals surface area contributed by atoms with Crippen molar-refractivity contribution < 1.29 is 18.0 Å². The predicted octanol–water partition coefficient (Wildman–Crippen LogP) is 2.07. The highest BCUT2D eigenvalue weighted by Crippen LogP contribution is 2.23. The third kappa shape index (κ3) is 1.35. The van der Waals surface area contributed by atoms with Crippen LogP contribution in [-0.4, -0.2) is 6.08 Å². The van der Waals surface area contributed by atoms with E-state index in [4.69, 9.17) is 0 Å². The van der Waals surface area contributed by atoms with Gasteiger partial charge in [-0.05, 0) is 12.1 Å². The molecule has 0 atom stereocenters. The number of hydrogen-bond donors (Lipinski definition) is 0. The van der Waals surface area contributed by atoms with Crippen LogP contribution in [0.1, 0.15) is 0 Å². The van der Waals surface area contributed by atoms with Crippen LogP contribution in [0, 0.1) is 17.5 Å². The van der Waals surface area contributed by atoms with Crippen LogP contribution < -0.4 is 0 Å². The Balaban J connectivity index is 3.42. The number of hydrogen-bond acceptors (Lipinski definition) is 2. The summed E-state index contributed by atoms with van der Waals surface area (Å²) in [5, 5.41) is 0. The highest BCUT2D eigenvalue weighted by atomic mass is 19.2. The zero-order valence-electron chi connectivity index (χ0n) is 5.64. The second-order valence-electron chi connectivity index (χ2n) is 1.89. The van der Waals surface area contributed by atoms with Crippen molar-refractivity contribution in [2.45, 2.75) is 0 Å². The van der Waals surface area contributed by atoms with Crippen molar-refractivity contribution in [1.82, 2.24) is 0 Å². The van der Waals surface area contributed by atoms with Gasteiger partial charge in [0.1, 0.15) is 0 Å². The van der Waals surface area contributed by atoms with Crippen molar-refractivity contribution in [3.63, 3.8) is 0 Å². The number of isocyanates is 1.